The zero-order valence-corrected chi connectivity index (χ0v) is 20.4. The number of thiazole rings is 1. The fraction of sp³-hybridized carbons (Fsp3) is 0.231. The van der Waals surface area contributed by atoms with Crippen LogP contribution in [0.2, 0.25) is 0 Å². The number of guanidine groups is 1. The highest BCUT2D eigenvalue weighted by molar-refractivity contribution is 8.00. The fourth-order valence-electron chi connectivity index (χ4n) is 4.29. The molecule has 2 aliphatic heterocycles. The Hall–Kier alpha value is -3.07. The third-order valence-electron chi connectivity index (χ3n) is 5.99. The minimum atomic E-state index is 0.0549. The van der Waals surface area contributed by atoms with Crippen LogP contribution in [-0.4, -0.2) is 49.3 Å². The minimum Gasteiger partial charge on any atom is -0.497 e. The van der Waals surface area contributed by atoms with Gasteiger partial charge in [-0.2, -0.15) is 4.99 Å². The van der Waals surface area contributed by atoms with E-state index in [0.29, 0.717) is 13.2 Å². The maximum Gasteiger partial charge on any atom is 0.213 e. The number of thioether (sulfide) groups is 1. The molecule has 0 aliphatic carbocycles. The van der Waals surface area contributed by atoms with Gasteiger partial charge in [-0.1, -0.05) is 59.5 Å². The van der Waals surface area contributed by atoms with Crippen LogP contribution in [0, 0.1) is 0 Å². The Morgan fingerprint density at radius 2 is 1.76 bits per heavy atom. The van der Waals surface area contributed by atoms with Gasteiger partial charge in [-0.15, -0.1) is 0 Å². The van der Waals surface area contributed by atoms with E-state index in [9.17, 15) is 0 Å². The van der Waals surface area contributed by atoms with Crippen LogP contribution < -0.4 is 9.64 Å². The van der Waals surface area contributed by atoms with Gasteiger partial charge < -0.3 is 14.4 Å². The van der Waals surface area contributed by atoms with Gasteiger partial charge in [0.15, 0.2) is 0 Å². The van der Waals surface area contributed by atoms with Crippen molar-refractivity contribution in [3.63, 3.8) is 0 Å². The Labute approximate surface area is 206 Å². The van der Waals surface area contributed by atoms with E-state index >= 15 is 0 Å². The predicted octanol–water partition coefficient (Wildman–Crippen LogP) is 5.94. The van der Waals surface area contributed by atoms with Gasteiger partial charge in [-0.3, -0.25) is 4.90 Å². The average Bonchev–Trinajstić information content (AvgIpc) is 3.49. The smallest absolute Gasteiger partial charge is 0.213 e. The van der Waals surface area contributed by atoms with Crippen LogP contribution in [0.15, 0.2) is 82.7 Å². The maximum atomic E-state index is 5.67. The lowest BCUT2D eigenvalue weighted by molar-refractivity contribution is 0.0673. The van der Waals surface area contributed by atoms with Crippen molar-refractivity contribution >= 4 is 50.1 Å². The first-order valence-corrected chi connectivity index (χ1v) is 13.0. The van der Waals surface area contributed by atoms with Crippen LogP contribution in [0.4, 0.5) is 10.8 Å². The average molecular weight is 489 g/mol. The zero-order chi connectivity index (χ0) is 22.9. The molecular formula is C26H24N4O2S2. The molecule has 0 saturated carbocycles. The van der Waals surface area contributed by atoms with E-state index < -0.39 is 0 Å². The van der Waals surface area contributed by atoms with E-state index in [-0.39, 0.29) is 5.37 Å². The van der Waals surface area contributed by atoms with Gasteiger partial charge in [-0.05, 0) is 42.0 Å². The van der Waals surface area contributed by atoms with Crippen molar-refractivity contribution in [1.82, 2.24) is 9.88 Å². The number of methoxy groups -OCH3 is 1. The largest absolute Gasteiger partial charge is 0.497 e. The minimum absolute atomic E-state index is 0.0549. The normalized spacial score (nSPS) is 18.4. The number of para-hydroxylation sites is 2. The van der Waals surface area contributed by atoms with Gasteiger partial charge in [0, 0.05) is 18.0 Å². The van der Waals surface area contributed by atoms with E-state index in [2.05, 4.69) is 52.3 Å². The van der Waals surface area contributed by atoms with Crippen LogP contribution in [-0.2, 0) is 4.74 Å². The number of aliphatic imine (C=N–C) groups is 1. The van der Waals surface area contributed by atoms with E-state index in [1.807, 2.05) is 42.1 Å². The van der Waals surface area contributed by atoms with Gasteiger partial charge in [0.1, 0.15) is 11.1 Å². The molecule has 1 aromatic heterocycles. The quantitative estimate of drug-likeness (QED) is 0.263. The van der Waals surface area contributed by atoms with E-state index in [1.54, 1.807) is 18.4 Å². The number of hydrogen-bond acceptors (Lipinski definition) is 6. The number of anilines is 1. The molecule has 34 heavy (non-hydrogen) atoms. The molecule has 0 N–H and O–H groups in total. The molecule has 1 unspecified atom stereocenters. The number of morpholine rings is 1. The summed E-state index contributed by atoms with van der Waals surface area (Å²) in [6.07, 6.45) is 0. The number of aromatic nitrogens is 1. The molecule has 3 heterocycles. The summed E-state index contributed by atoms with van der Waals surface area (Å²) in [6.45, 7) is 2.97. The van der Waals surface area contributed by atoms with Crippen molar-refractivity contribution in [3.8, 4) is 5.75 Å². The van der Waals surface area contributed by atoms with Crippen LogP contribution in [0.3, 0.4) is 0 Å². The second-order valence-electron chi connectivity index (χ2n) is 8.06. The summed E-state index contributed by atoms with van der Waals surface area (Å²) in [5.74, 6) is 1.77. The van der Waals surface area contributed by atoms with E-state index in [1.165, 1.54) is 16.1 Å². The van der Waals surface area contributed by atoms with Gasteiger partial charge in [0.25, 0.3) is 0 Å². The van der Waals surface area contributed by atoms with Gasteiger partial charge in [0.2, 0.25) is 11.1 Å². The number of nitrogens with zero attached hydrogens (tertiary/aromatic N) is 4. The van der Waals surface area contributed by atoms with Gasteiger partial charge in [0.05, 0.1) is 36.2 Å². The Kier molecular flexibility index (Phi) is 5.86. The molecule has 4 aromatic rings. The third kappa shape index (κ3) is 4.02. The fourth-order valence-corrected chi connectivity index (χ4v) is 6.41. The number of benzene rings is 3. The van der Waals surface area contributed by atoms with Crippen molar-refractivity contribution < 1.29 is 9.47 Å². The lowest BCUT2D eigenvalue weighted by atomic mass is 10.2. The monoisotopic (exact) mass is 488 g/mol. The molecule has 172 valence electrons. The molecule has 1 atom stereocenters. The zero-order valence-electron chi connectivity index (χ0n) is 18.8. The molecule has 3 aromatic carbocycles. The molecular weight excluding hydrogens is 464 g/mol. The van der Waals surface area contributed by atoms with Crippen molar-refractivity contribution in [2.75, 3.05) is 38.3 Å². The molecule has 1 saturated heterocycles. The molecule has 0 amide bonds. The van der Waals surface area contributed by atoms with Gasteiger partial charge >= 0.3 is 0 Å². The molecule has 1 fully saturated rings. The van der Waals surface area contributed by atoms with Crippen molar-refractivity contribution in [2.24, 2.45) is 4.99 Å². The van der Waals surface area contributed by atoms with Crippen LogP contribution in [0.5, 0.6) is 5.75 Å². The first kappa shape index (κ1) is 21.5. The standard InChI is InChI=1S/C26H24N4O2S2/c1-31-19-12-10-18(11-13-19)24-30(21-7-3-5-9-23(21)33-24)26(29-14-16-32-17-15-29)28-25-27-20-6-2-4-8-22(20)34-25/h2-13,24H,14-17H2,1H3/b28-26+. The maximum absolute atomic E-state index is 5.67. The second kappa shape index (κ2) is 9.29. The first-order chi connectivity index (χ1) is 16.8. The third-order valence-corrected chi connectivity index (χ3v) is 8.22. The van der Waals surface area contributed by atoms with Crippen molar-refractivity contribution in [2.45, 2.75) is 10.3 Å². The summed E-state index contributed by atoms with van der Waals surface area (Å²) >= 11 is 3.47. The first-order valence-electron chi connectivity index (χ1n) is 11.3. The van der Waals surface area contributed by atoms with Crippen molar-refractivity contribution in [3.05, 3.63) is 78.4 Å². The summed E-state index contributed by atoms with van der Waals surface area (Å²) in [5, 5.41) is 0.824. The number of ether oxygens (including phenoxy) is 2. The highest BCUT2D eigenvalue weighted by Crippen LogP contribution is 2.52. The summed E-state index contributed by atoms with van der Waals surface area (Å²) in [4.78, 5) is 15.9. The summed E-state index contributed by atoms with van der Waals surface area (Å²) < 4.78 is 12.2. The summed E-state index contributed by atoms with van der Waals surface area (Å²) in [6, 6.07) is 25.1. The molecule has 0 bridgehead atoms. The molecule has 0 spiro atoms. The van der Waals surface area contributed by atoms with Crippen molar-refractivity contribution in [1.29, 1.82) is 0 Å². The number of rotatable bonds is 3. The molecule has 0 radical (unpaired) electrons. The number of fused-ring (bicyclic) bond motifs is 2. The van der Waals surface area contributed by atoms with Crippen LogP contribution >= 0.6 is 23.1 Å². The molecule has 6 nitrogen and oxygen atoms in total. The van der Waals surface area contributed by atoms with E-state index in [4.69, 9.17) is 19.5 Å². The molecule has 6 rings (SSSR count). The predicted molar refractivity (Wildman–Crippen MR) is 140 cm³/mol. The SMILES string of the molecule is COc1ccc(C2Sc3ccccc3N2/C(=N/c2nc3ccccc3s2)N2CCOCC2)cc1. The Balaban J connectivity index is 1.48. The van der Waals surface area contributed by atoms with E-state index in [0.717, 1.165) is 40.1 Å². The second-order valence-corrected chi connectivity index (χ2v) is 10.2. The topological polar surface area (TPSA) is 50.2 Å². The highest BCUT2D eigenvalue weighted by Gasteiger charge is 2.37. The Morgan fingerprint density at radius 3 is 2.56 bits per heavy atom. The Morgan fingerprint density at radius 1 is 1.00 bits per heavy atom. The lowest BCUT2D eigenvalue weighted by Crippen LogP contribution is -2.49. The molecule has 8 heteroatoms. The van der Waals surface area contributed by atoms with Gasteiger partial charge in [-0.25, -0.2) is 4.98 Å². The Bertz CT molecular complexity index is 1300. The summed E-state index contributed by atoms with van der Waals surface area (Å²) in [7, 11) is 1.70. The summed E-state index contributed by atoms with van der Waals surface area (Å²) in [5.41, 5.74) is 3.35. The van der Waals surface area contributed by atoms with Crippen LogP contribution in [0.25, 0.3) is 10.2 Å². The lowest BCUT2D eigenvalue weighted by Gasteiger charge is -2.37. The highest BCUT2D eigenvalue weighted by atomic mass is 32.2. The molecule has 2 aliphatic rings. The number of hydrogen-bond donors (Lipinski definition) is 0. The van der Waals surface area contributed by atoms with Crippen LogP contribution in [0.1, 0.15) is 10.9 Å².